The summed E-state index contributed by atoms with van der Waals surface area (Å²) in [6.07, 6.45) is 1.21. The quantitative estimate of drug-likeness (QED) is 0.655. The van der Waals surface area contributed by atoms with Gasteiger partial charge in [0, 0.05) is 32.3 Å². The molecule has 0 aliphatic carbocycles. The van der Waals surface area contributed by atoms with Gasteiger partial charge in [0.25, 0.3) is 0 Å². The van der Waals surface area contributed by atoms with Crippen LogP contribution >= 0.6 is 0 Å². The molecular weight excluding hydrogens is 200 g/mol. The predicted molar refractivity (Wildman–Crippen MR) is 70.9 cm³/mol. The molecule has 2 unspecified atom stereocenters. The van der Waals surface area contributed by atoms with Gasteiger partial charge >= 0.3 is 0 Å². The first-order valence-corrected chi connectivity index (χ1v) is 6.45. The zero-order chi connectivity index (χ0) is 12.6. The molecule has 1 N–H and O–H groups in total. The van der Waals surface area contributed by atoms with Crippen LogP contribution in [0.25, 0.3) is 0 Å². The molecule has 0 saturated heterocycles. The maximum absolute atomic E-state index is 5.22. The van der Waals surface area contributed by atoms with Gasteiger partial charge in [0.05, 0.1) is 6.61 Å². The summed E-state index contributed by atoms with van der Waals surface area (Å²) in [6, 6.07) is 1.14. The Morgan fingerprint density at radius 2 is 1.88 bits per heavy atom. The molecule has 0 fully saturated rings. The van der Waals surface area contributed by atoms with Crippen LogP contribution in [0.1, 0.15) is 34.1 Å². The van der Waals surface area contributed by atoms with Gasteiger partial charge in [0.2, 0.25) is 0 Å². The first kappa shape index (κ1) is 15.9. The number of nitrogens with zero attached hydrogens (tertiary/aromatic N) is 1. The highest BCUT2D eigenvalue weighted by Gasteiger charge is 2.13. The molecule has 0 aliphatic rings. The summed E-state index contributed by atoms with van der Waals surface area (Å²) in [5, 5.41) is 3.56. The summed E-state index contributed by atoms with van der Waals surface area (Å²) in [6.45, 7) is 11.9. The van der Waals surface area contributed by atoms with E-state index in [1.54, 1.807) is 7.11 Å². The monoisotopic (exact) mass is 230 g/mol. The van der Waals surface area contributed by atoms with E-state index < -0.39 is 0 Å². The molecular formula is C13H30N2O. The fourth-order valence-corrected chi connectivity index (χ4v) is 1.62. The van der Waals surface area contributed by atoms with Gasteiger partial charge in [0.1, 0.15) is 0 Å². The molecule has 98 valence electrons. The van der Waals surface area contributed by atoms with Crippen molar-refractivity contribution in [1.82, 2.24) is 10.2 Å². The molecule has 0 aromatic carbocycles. The van der Waals surface area contributed by atoms with E-state index in [0.29, 0.717) is 18.0 Å². The zero-order valence-corrected chi connectivity index (χ0v) is 11.9. The number of hydrogen-bond donors (Lipinski definition) is 1. The molecule has 0 spiro atoms. The highest BCUT2D eigenvalue weighted by atomic mass is 16.5. The van der Waals surface area contributed by atoms with Crippen LogP contribution in [0.5, 0.6) is 0 Å². The minimum atomic E-state index is 0.468. The zero-order valence-electron chi connectivity index (χ0n) is 11.9. The Morgan fingerprint density at radius 1 is 1.25 bits per heavy atom. The molecule has 0 aliphatic heterocycles. The van der Waals surface area contributed by atoms with Crippen molar-refractivity contribution in [3.8, 4) is 0 Å². The summed E-state index contributed by atoms with van der Waals surface area (Å²) in [5.41, 5.74) is 0. The smallest absolute Gasteiger partial charge is 0.0618 e. The van der Waals surface area contributed by atoms with E-state index in [-0.39, 0.29) is 0 Å². The molecule has 0 saturated carbocycles. The fraction of sp³-hybridized carbons (Fsp3) is 1.00. The second kappa shape index (κ2) is 8.97. The second-order valence-corrected chi connectivity index (χ2v) is 5.00. The molecule has 3 heteroatoms. The minimum Gasteiger partial charge on any atom is -0.383 e. The van der Waals surface area contributed by atoms with Gasteiger partial charge < -0.3 is 15.0 Å². The molecule has 0 aromatic heterocycles. The average Bonchev–Trinajstić information content (AvgIpc) is 2.26. The van der Waals surface area contributed by atoms with Gasteiger partial charge in [-0.25, -0.2) is 0 Å². The van der Waals surface area contributed by atoms with Crippen molar-refractivity contribution in [2.45, 2.75) is 46.2 Å². The molecule has 16 heavy (non-hydrogen) atoms. The van der Waals surface area contributed by atoms with Gasteiger partial charge in [-0.1, -0.05) is 20.8 Å². The molecule has 0 aromatic rings. The van der Waals surface area contributed by atoms with Crippen LogP contribution < -0.4 is 5.32 Å². The van der Waals surface area contributed by atoms with Crippen molar-refractivity contribution in [1.29, 1.82) is 0 Å². The van der Waals surface area contributed by atoms with E-state index in [4.69, 9.17) is 4.74 Å². The van der Waals surface area contributed by atoms with Crippen molar-refractivity contribution in [2.75, 3.05) is 33.9 Å². The highest BCUT2D eigenvalue weighted by molar-refractivity contribution is 4.71. The van der Waals surface area contributed by atoms with E-state index >= 15 is 0 Å². The third-order valence-corrected chi connectivity index (χ3v) is 3.37. The summed E-state index contributed by atoms with van der Waals surface area (Å²) in [4.78, 5) is 2.40. The number of methoxy groups -OCH3 is 1. The predicted octanol–water partition coefficient (Wildman–Crippen LogP) is 1.98. The number of likely N-dealkylation sites (N-methyl/N-ethyl adjacent to an activating group) is 1. The molecule has 3 nitrogen and oxygen atoms in total. The highest BCUT2D eigenvalue weighted by Crippen LogP contribution is 2.02. The third-order valence-electron chi connectivity index (χ3n) is 3.37. The lowest BCUT2D eigenvalue weighted by Gasteiger charge is -2.26. The van der Waals surface area contributed by atoms with Crippen molar-refractivity contribution in [3.63, 3.8) is 0 Å². The fourth-order valence-electron chi connectivity index (χ4n) is 1.62. The Bertz CT molecular complexity index is 162. The molecule has 0 amide bonds. The summed E-state index contributed by atoms with van der Waals surface area (Å²) in [7, 11) is 3.96. The lowest BCUT2D eigenvalue weighted by molar-refractivity contribution is 0.143. The molecule has 0 bridgehead atoms. The lowest BCUT2D eigenvalue weighted by Crippen LogP contribution is -2.42. The van der Waals surface area contributed by atoms with Crippen molar-refractivity contribution in [3.05, 3.63) is 0 Å². The third kappa shape index (κ3) is 6.46. The normalized spacial score (nSPS) is 15.8. The van der Waals surface area contributed by atoms with Gasteiger partial charge in [-0.05, 0) is 26.3 Å². The van der Waals surface area contributed by atoms with Crippen LogP contribution in [-0.2, 0) is 4.74 Å². The van der Waals surface area contributed by atoms with Gasteiger partial charge in [-0.15, -0.1) is 0 Å². The average molecular weight is 230 g/mol. The maximum atomic E-state index is 5.22. The van der Waals surface area contributed by atoms with E-state index in [9.17, 15) is 0 Å². The van der Waals surface area contributed by atoms with E-state index in [2.05, 4.69) is 45.0 Å². The maximum Gasteiger partial charge on any atom is 0.0618 e. The Balaban J connectivity index is 3.76. The Hall–Kier alpha value is -0.120. The summed E-state index contributed by atoms with van der Waals surface area (Å²) in [5.74, 6) is 0.619. The molecule has 2 atom stereocenters. The first-order chi connectivity index (χ1) is 7.52. The van der Waals surface area contributed by atoms with Crippen molar-refractivity contribution < 1.29 is 4.74 Å². The number of rotatable bonds is 9. The van der Waals surface area contributed by atoms with Crippen LogP contribution in [0, 0.1) is 5.92 Å². The summed E-state index contributed by atoms with van der Waals surface area (Å²) < 4.78 is 5.22. The van der Waals surface area contributed by atoms with E-state index in [0.717, 1.165) is 19.7 Å². The second-order valence-electron chi connectivity index (χ2n) is 5.00. The van der Waals surface area contributed by atoms with Gasteiger partial charge in [-0.2, -0.15) is 0 Å². The van der Waals surface area contributed by atoms with Crippen molar-refractivity contribution >= 4 is 0 Å². The van der Waals surface area contributed by atoms with Crippen LogP contribution in [0.4, 0.5) is 0 Å². The minimum absolute atomic E-state index is 0.468. The van der Waals surface area contributed by atoms with Crippen LogP contribution in [0.3, 0.4) is 0 Å². The number of nitrogens with one attached hydrogen (secondary N) is 1. The first-order valence-electron chi connectivity index (χ1n) is 6.45. The number of hydrogen-bond acceptors (Lipinski definition) is 3. The molecule has 0 heterocycles. The van der Waals surface area contributed by atoms with E-state index in [1.807, 2.05) is 0 Å². The lowest BCUT2D eigenvalue weighted by atomic mass is 10.1. The Kier molecular flexibility index (Phi) is 8.90. The Labute approximate surface area is 102 Å². The van der Waals surface area contributed by atoms with Crippen LogP contribution in [0.15, 0.2) is 0 Å². The van der Waals surface area contributed by atoms with Gasteiger partial charge in [-0.3, -0.25) is 0 Å². The standard InChI is InChI=1S/C13H30N2O/c1-7-12(4)15(5)9-8-14-13(10-16-6)11(2)3/h11-14H,7-10H2,1-6H3. The van der Waals surface area contributed by atoms with Crippen molar-refractivity contribution in [2.24, 2.45) is 5.92 Å². The van der Waals surface area contributed by atoms with Crippen LogP contribution in [-0.4, -0.2) is 50.8 Å². The largest absolute Gasteiger partial charge is 0.383 e. The number of ether oxygens (including phenoxy) is 1. The molecule has 0 radical (unpaired) electrons. The Morgan fingerprint density at radius 3 is 2.31 bits per heavy atom. The SMILES string of the molecule is CCC(C)N(C)CCNC(COC)C(C)C. The van der Waals surface area contributed by atoms with E-state index in [1.165, 1.54) is 6.42 Å². The van der Waals surface area contributed by atoms with Crippen LogP contribution in [0.2, 0.25) is 0 Å². The topological polar surface area (TPSA) is 24.5 Å². The summed E-state index contributed by atoms with van der Waals surface area (Å²) >= 11 is 0. The van der Waals surface area contributed by atoms with Gasteiger partial charge in [0.15, 0.2) is 0 Å². The molecule has 0 rings (SSSR count).